The van der Waals surface area contributed by atoms with Crippen molar-refractivity contribution in [1.29, 1.82) is 0 Å². The van der Waals surface area contributed by atoms with E-state index < -0.39 is 0 Å². The van der Waals surface area contributed by atoms with Crippen LogP contribution < -0.4 is 5.69 Å². The zero-order valence-corrected chi connectivity index (χ0v) is 11.3. The van der Waals surface area contributed by atoms with Gasteiger partial charge in [0.25, 0.3) is 0 Å². The summed E-state index contributed by atoms with van der Waals surface area (Å²) in [6, 6.07) is 8.43. The lowest BCUT2D eigenvalue weighted by molar-refractivity contribution is 0.207. The van der Waals surface area contributed by atoms with Crippen molar-refractivity contribution in [3.63, 3.8) is 0 Å². The van der Waals surface area contributed by atoms with Crippen LogP contribution in [0.3, 0.4) is 0 Å². The maximum atomic E-state index is 11.8. The molecule has 0 unspecified atom stereocenters. The molecule has 0 amide bonds. The molecule has 0 atom stereocenters. The highest BCUT2D eigenvalue weighted by molar-refractivity contribution is 5.25. The van der Waals surface area contributed by atoms with Crippen molar-refractivity contribution in [3.05, 3.63) is 51.7 Å². The average Bonchev–Trinajstić information content (AvgIpc) is 2.68. The maximum Gasteiger partial charge on any atom is 0.345 e. The molecule has 0 saturated carbocycles. The van der Waals surface area contributed by atoms with E-state index in [1.807, 2.05) is 0 Å². The molecule has 0 aliphatic carbocycles. The van der Waals surface area contributed by atoms with Gasteiger partial charge < -0.3 is 0 Å². The maximum absolute atomic E-state index is 11.8. The van der Waals surface area contributed by atoms with Gasteiger partial charge in [0.1, 0.15) is 5.82 Å². The van der Waals surface area contributed by atoms with Crippen molar-refractivity contribution in [2.24, 2.45) is 7.05 Å². The first-order valence-corrected chi connectivity index (χ1v) is 6.55. The highest BCUT2D eigenvalue weighted by Crippen LogP contribution is 2.14. The second-order valence-corrected chi connectivity index (χ2v) is 5.11. The van der Waals surface area contributed by atoms with E-state index in [-0.39, 0.29) is 5.69 Å². The van der Waals surface area contributed by atoms with Crippen LogP contribution in [0.15, 0.2) is 29.1 Å². The highest BCUT2D eigenvalue weighted by atomic mass is 16.2. The van der Waals surface area contributed by atoms with Crippen LogP contribution in [0.4, 0.5) is 0 Å². The number of rotatable bonds is 2. The molecule has 0 spiro atoms. The number of aryl methyl sites for hydroxylation is 2. The smallest absolute Gasteiger partial charge is 0.290 e. The summed E-state index contributed by atoms with van der Waals surface area (Å²) in [4.78, 5) is 14.1. The molecule has 0 radical (unpaired) electrons. The first-order chi connectivity index (χ1) is 9.15. The van der Waals surface area contributed by atoms with Gasteiger partial charge in [-0.2, -0.15) is 5.10 Å². The SMILES string of the molecule is Cc1ccccc1CN1CCn2c(nn(C)c2=O)C1. The standard InChI is InChI=1S/C14H18N4O/c1-11-5-3-4-6-12(11)9-17-7-8-18-13(10-17)15-16(2)14(18)19/h3-6H,7-10H2,1-2H3. The van der Waals surface area contributed by atoms with Crippen LogP contribution in [0.25, 0.3) is 0 Å². The Kier molecular flexibility index (Phi) is 2.98. The molecule has 1 aromatic carbocycles. The Bertz CT molecular complexity index is 656. The zero-order valence-electron chi connectivity index (χ0n) is 11.3. The fourth-order valence-electron chi connectivity index (χ4n) is 2.58. The molecule has 0 bridgehead atoms. The van der Waals surface area contributed by atoms with Crippen LogP contribution in [0, 0.1) is 6.92 Å². The molecule has 2 heterocycles. The van der Waals surface area contributed by atoms with Gasteiger partial charge >= 0.3 is 5.69 Å². The number of benzene rings is 1. The predicted molar refractivity (Wildman–Crippen MR) is 72.8 cm³/mol. The van der Waals surface area contributed by atoms with E-state index in [0.29, 0.717) is 0 Å². The molecule has 1 aliphatic heterocycles. The Balaban J connectivity index is 1.79. The Morgan fingerprint density at radius 3 is 2.84 bits per heavy atom. The summed E-state index contributed by atoms with van der Waals surface area (Å²) >= 11 is 0. The molecule has 2 aromatic rings. The van der Waals surface area contributed by atoms with Crippen LogP contribution >= 0.6 is 0 Å². The molecule has 0 saturated heterocycles. The molecule has 0 fully saturated rings. The van der Waals surface area contributed by atoms with E-state index in [1.54, 1.807) is 11.6 Å². The third-order valence-corrected chi connectivity index (χ3v) is 3.74. The third-order valence-electron chi connectivity index (χ3n) is 3.74. The van der Waals surface area contributed by atoms with E-state index in [4.69, 9.17) is 0 Å². The van der Waals surface area contributed by atoms with E-state index in [0.717, 1.165) is 32.0 Å². The number of nitrogens with zero attached hydrogens (tertiary/aromatic N) is 4. The van der Waals surface area contributed by atoms with Gasteiger partial charge in [0.15, 0.2) is 0 Å². The highest BCUT2D eigenvalue weighted by Gasteiger charge is 2.20. The third kappa shape index (κ3) is 2.21. The van der Waals surface area contributed by atoms with E-state index >= 15 is 0 Å². The lowest BCUT2D eigenvalue weighted by Gasteiger charge is -2.27. The topological polar surface area (TPSA) is 43.1 Å². The van der Waals surface area contributed by atoms with Gasteiger partial charge in [-0.15, -0.1) is 0 Å². The van der Waals surface area contributed by atoms with Crippen LogP contribution in [0.1, 0.15) is 17.0 Å². The lowest BCUT2D eigenvalue weighted by Crippen LogP contribution is -2.37. The van der Waals surface area contributed by atoms with Gasteiger partial charge in [-0.3, -0.25) is 9.47 Å². The zero-order chi connectivity index (χ0) is 13.4. The van der Waals surface area contributed by atoms with Gasteiger partial charge in [-0.05, 0) is 18.1 Å². The molecule has 5 heteroatoms. The van der Waals surface area contributed by atoms with Gasteiger partial charge in [0.05, 0.1) is 6.54 Å². The summed E-state index contributed by atoms with van der Waals surface area (Å²) in [7, 11) is 1.71. The normalized spacial score (nSPS) is 15.5. The Hall–Kier alpha value is -1.88. The quantitative estimate of drug-likeness (QED) is 0.804. The lowest BCUT2D eigenvalue weighted by atomic mass is 10.1. The second kappa shape index (κ2) is 4.66. The van der Waals surface area contributed by atoms with Crippen molar-refractivity contribution < 1.29 is 0 Å². The summed E-state index contributed by atoms with van der Waals surface area (Å²) < 4.78 is 3.20. The second-order valence-electron chi connectivity index (χ2n) is 5.11. The monoisotopic (exact) mass is 258 g/mol. The summed E-state index contributed by atoms with van der Waals surface area (Å²) in [5.41, 5.74) is 2.64. The molecule has 100 valence electrons. The van der Waals surface area contributed by atoms with Gasteiger partial charge in [0, 0.05) is 26.7 Å². The number of aromatic nitrogens is 3. The predicted octanol–water partition coefficient (Wildman–Crippen LogP) is 0.906. The number of hydrogen-bond acceptors (Lipinski definition) is 3. The van der Waals surface area contributed by atoms with Crippen molar-refractivity contribution in [1.82, 2.24) is 19.2 Å². The Morgan fingerprint density at radius 1 is 1.26 bits per heavy atom. The first kappa shape index (κ1) is 12.2. The number of fused-ring (bicyclic) bond motifs is 1. The largest absolute Gasteiger partial charge is 0.345 e. The van der Waals surface area contributed by atoms with E-state index in [1.165, 1.54) is 15.8 Å². The summed E-state index contributed by atoms with van der Waals surface area (Å²) in [5.74, 6) is 0.868. The molecular weight excluding hydrogens is 240 g/mol. The average molecular weight is 258 g/mol. The summed E-state index contributed by atoms with van der Waals surface area (Å²) in [6.45, 7) is 5.42. The van der Waals surface area contributed by atoms with Gasteiger partial charge in [-0.1, -0.05) is 24.3 Å². The summed E-state index contributed by atoms with van der Waals surface area (Å²) in [6.07, 6.45) is 0. The summed E-state index contributed by atoms with van der Waals surface area (Å²) in [5, 5.41) is 4.29. The Labute approximate surface area is 112 Å². The molecule has 0 N–H and O–H groups in total. The van der Waals surface area contributed by atoms with Crippen molar-refractivity contribution in [3.8, 4) is 0 Å². The molecule has 1 aromatic heterocycles. The Morgan fingerprint density at radius 2 is 2.05 bits per heavy atom. The van der Waals surface area contributed by atoms with Gasteiger partial charge in [-0.25, -0.2) is 9.48 Å². The molecular formula is C14H18N4O. The van der Waals surface area contributed by atoms with Crippen LogP contribution in [0.2, 0.25) is 0 Å². The fraction of sp³-hybridized carbons (Fsp3) is 0.429. The van der Waals surface area contributed by atoms with Crippen molar-refractivity contribution in [2.45, 2.75) is 26.6 Å². The van der Waals surface area contributed by atoms with E-state index in [9.17, 15) is 4.79 Å². The minimum Gasteiger partial charge on any atom is -0.290 e. The minimum absolute atomic E-state index is 0.00876. The van der Waals surface area contributed by atoms with Crippen LogP contribution in [-0.4, -0.2) is 25.8 Å². The van der Waals surface area contributed by atoms with Crippen molar-refractivity contribution >= 4 is 0 Å². The number of hydrogen-bond donors (Lipinski definition) is 0. The first-order valence-electron chi connectivity index (χ1n) is 6.55. The van der Waals surface area contributed by atoms with Crippen LogP contribution in [-0.2, 0) is 26.7 Å². The molecule has 5 nitrogen and oxygen atoms in total. The van der Waals surface area contributed by atoms with Crippen LogP contribution in [0.5, 0.6) is 0 Å². The van der Waals surface area contributed by atoms with Crippen molar-refractivity contribution in [2.75, 3.05) is 6.54 Å². The van der Waals surface area contributed by atoms with Gasteiger partial charge in [0.2, 0.25) is 0 Å². The van der Waals surface area contributed by atoms with E-state index in [2.05, 4.69) is 41.2 Å². The fourth-order valence-corrected chi connectivity index (χ4v) is 2.58. The molecule has 3 rings (SSSR count). The molecule has 1 aliphatic rings. The minimum atomic E-state index is -0.00876. The molecule has 19 heavy (non-hydrogen) atoms.